The van der Waals surface area contributed by atoms with Crippen LogP contribution in [0.5, 0.6) is 5.75 Å². The molecule has 0 unspecified atom stereocenters. The second-order valence-electron chi connectivity index (χ2n) is 5.04. The molecule has 0 aromatic heterocycles. The minimum atomic E-state index is -0.00785. The summed E-state index contributed by atoms with van der Waals surface area (Å²) in [7, 11) is 1.66. The SMILES string of the molecule is COc1ccccc1/C=C/[C@H]1Cc2ccccc2C(=O)N1. The van der Waals surface area contributed by atoms with E-state index in [0.29, 0.717) is 0 Å². The lowest BCUT2D eigenvalue weighted by atomic mass is 9.95. The first-order valence-corrected chi connectivity index (χ1v) is 6.98. The summed E-state index contributed by atoms with van der Waals surface area (Å²) in [5.41, 5.74) is 2.88. The Kier molecular flexibility index (Phi) is 3.73. The van der Waals surface area contributed by atoms with Crippen LogP contribution >= 0.6 is 0 Å². The quantitative estimate of drug-likeness (QED) is 0.937. The monoisotopic (exact) mass is 279 g/mol. The predicted octanol–water partition coefficient (Wildman–Crippen LogP) is 3.06. The zero-order chi connectivity index (χ0) is 14.7. The van der Waals surface area contributed by atoms with Gasteiger partial charge in [0.15, 0.2) is 0 Å². The Balaban J connectivity index is 1.81. The standard InChI is InChI=1S/C18H17NO2/c1-21-17-9-5-3-6-13(17)10-11-15-12-14-7-2-4-8-16(14)18(20)19-15/h2-11,15H,12H2,1H3,(H,19,20)/b11-10+/t15-/m0/s1. The Hall–Kier alpha value is -2.55. The fourth-order valence-electron chi connectivity index (χ4n) is 2.59. The molecular weight excluding hydrogens is 262 g/mol. The molecule has 2 aromatic rings. The second-order valence-corrected chi connectivity index (χ2v) is 5.04. The number of ether oxygens (including phenoxy) is 1. The number of nitrogens with one attached hydrogen (secondary N) is 1. The fraction of sp³-hybridized carbons (Fsp3) is 0.167. The van der Waals surface area contributed by atoms with Gasteiger partial charge in [-0.25, -0.2) is 0 Å². The van der Waals surface area contributed by atoms with Gasteiger partial charge in [-0.05, 0) is 24.1 Å². The maximum Gasteiger partial charge on any atom is 0.252 e. The Labute approximate surface area is 124 Å². The molecule has 0 saturated heterocycles. The highest BCUT2D eigenvalue weighted by Gasteiger charge is 2.21. The average Bonchev–Trinajstić information content (AvgIpc) is 2.53. The van der Waals surface area contributed by atoms with Gasteiger partial charge in [0.05, 0.1) is 13.2 Å². The fourth-order valence-corrected chi connectivity index (χ4v) is 2.59. The maximum atomic E-state index is 12.1. The van der Waals surface area contributed by atoms with Gasteiger partial charge in [-0.15, -0.1) is 0 Å². The van der Waals surface area contributed by atoms with E-state index in [0.717, 1.165) is 28.9 Å². The van der Waals surface area contributed by atoms with E-state index in [1.165, 1.54) is 0 Å². The van der Waals surface area contributed by atoms with Crippen LogP contribution < -0.4 is 10.1 Å². The van der Waals surface area contributed by atoms with Crippen LogP contribution in [0.3, 0.4) is 0 Å². The van der Waals surface area contributed by atoms with E-state index in [1.54, 1.807) is 7.11 Å². The number of benzene rings is 2. The number of carbonyl (C=O) groups excluding carboxylic acids is 1. The van der Waals surface area contributed by atoms with Crippen LogP contribution in [0.1, 0.15) is 21.5 Å². The topological polar surface area (TPSA) is 38.3 Å². The van der Waals surface area contributed by atoms with Crippen molar-refractivity contribution in [3.05, 3.63) is 71.3 Å². The van der Waals surface area contributed by atoms with E-state index < -0.39 is 0 Å². The zero-order valence-electron chi connectivity index (χ0n) is 11.9. The Bertz CT molecular complexity index is 691. The van der Waals surface area contributed by atoms with Crippen molar-refractivity contribution < 1.29 is 9.53 Å². The summed E-state index contributed by atoms with van der Waals surface area (Å²) < 4.78 is 5.32. The first-order chi connectivity index (χ1) is 10.3. The normalized spacial score (nSPS) is 17.4. The van der Waals surface area contributed by atoms with Crippen LogP contribution in [0.4, 0.5) is 0 Å². The number of rotatable bonds is 3. The molecule has 0 spiro atoms. The van der Waals surface area contributed by atoms with Crippen LogP contribution in [0.2, 0.25) is 0 Å². The van der Waals surface area contributed by atoms with Crippen molar-refractivity contribution in [3.63, 3.8) is 0 Å². The molecule has 3 rings (SSSR count). The van der Waals surface area contributed by atoms with Crippen LogP contribution in [-0.4, -0.2) is 19.1 Å². The van der Waals surface area contributed by atoms with E-state index in [-0.39, 0.29) is 11.9 Å². The third kappa shape index (κ3) is 2.82. The Morgan fingerprint density at radius 1 is 1.14 bits per heavy atom. The molecule has 1 heterocycles. The summed E-state index contributed by atoms with van der Waals surface area (Å²) in [4.78, 5) is 12.1. The highest BCUT2D eigenvalue weighted by molar-refractivity contribution is 5.97. The summed E-state index contributed by atoms with van der Waals surface area (Å²) in [6, 6.07) is 15.6. The molecule has 1 N–H and O–H groups in total. The molecule has 0 fully saturated rings. The molecule has 0 bridgehead atoms. The van der Waals surface area contributed by atoms with Gasteiger partial charge >= 0.3 is 0 Å². The first-order valence-electron chi connectivity index (χ1n) is 6.98. The number of amides is 1. The van der Waals surface area contributed by atoms with Gasteiger partial charge in [-0.2, -0.15) is 0 Å². The predicted molar refractivity (Wildman–Crippen MR) is 83.4 cm³/mol. The van der Waals surface area contributed by atoms with Crippen molar-refractivity contribution in [1.29, 1.82) is 0 Å². The van der Waals surface area contributed by atoms with Crippen molar-refractivity contribution in [2.75, 3.05) is 7.11 Å². The highest BCUT2D eigenvalue weighted by Crippen LogP contribution is 2.21. The molecule has 21 heavy (non-hydrogen) atoms. The number of hydrogen-bond donors (Lipinski definition) is 1. The lowest BCUT2D eigenvalue weighted by Gasteiger charge is -2.23. The number of para-hydroxylation sites is 1. The van der Waals surface area contributed by atoms with Crippen LogP contribution in [0.15, 0.2) is 54.6 Å². The van der Waals surface area contributed by atoms with E-state index >= 15 is 0 Å². The van der Waals surface area contributed by atoms with Crippen LogP contribution in [-0.2, 0) is 6.42 Å². The largest absolute Gasteiger partial charge is 0.496 e. The smallest absolute Gasteiger partial charge is 0.252 e. The van der Waals surface area contributed by atoms with Gasteiger partial charge in [0, 0.05) is 11.1 Å². The van der Waals surface area contributed by atoms with Gasteiger partial charge in [-0.3, -0.25) is 4.79 Å². The van der Waals surface area contributed by atoms with Gasteiger partial charge in [0.1, 0.15) is 5.75 Å². The molecule has 1 aliphatic heterocycles. The minimum absolute atomic E-state index is 0.00785. The van der Waals surface area contributed by atoms with Crippen molar-refractivity contribution in [2.24, 2.45) is 0 Å². The van der Waals surface area contributed by atoms with Crippen LogP contribution in [0.25, 0.3) is 6.08 Å². The van der Waals surface area contributed by atoms with Crippen molar-refractivity contribution >= 4 is 12.0 Å². The van der Waals surface area contributed by atoms with Gasteiger partial charge < -0.3 is 10.1 Å². The lowest BCUT2D eigenvalue weighted by molar-refractivity contribution is 0.0934. The molecule has 1 amide bonds. The summed E-state index contributed by atoms with van der Waals surface area (Å²) >= 11 is 0. The number of methoxy groups -OCH3 is 1. The molecule has 1 atom stereocenters. The molecule has 2 aromatic carbocycles. The molecule has 3 nitrogen and oxygen atoms in total. The summed E-state index contributed by atoms with van der Waals surface area (Å²) in [5.74, 6) is 0.822. The number of hydrogen-bond acceptors (Lipinski definition) is 2. The molecule has 1 aliphatic rings. The molecule has 0 saturated carbocycles. The minimum Gasteiger partial charge on any atom is -0.496 e. The summed E-state index contributed by atoms with van der Waals surface area (Å²) in [5, 5.41) is 3.01. The number of fused-ring (bicyclic) bond motifs is 1. The highest BCUT2D eigenvalue weighted by atomic mass is 16.5. The van der Waals surface area contributed by atoms with Crippen molar-refractivity contribution in [2.45, 2.75) is 12.5 Å². The lowest BCUT2D eigenvalue weighted by Crippen LogP contribution is -2.39. The molecule has 3 heteroatoms. The van der Waals surface area contributed by atoms with E-state index in [2.05, 4.69) is 5.32 Å². The Morgan fingerprint density at radius 2 is 1.90 bits per heavy atom. The van der Waals surface area contributed by atoms with Crippen molar-refractivity contribution in [3.8, 4) is 5.75 Å². The maximum absolute atomic E-state index is 12.1. The molecule has 0 aliphatic carbocycles. The van der Waals surface area contributed by atoms with E-state index in [4.69, 9.17) is 4.74 Å². The zero-order valence-corrected chi connectivity index (χ0v) is 11.9. The number of carbonyl (C=O) groups is 1. The molecular formula is C18H17NO2. The van der Waals surface area contributed by atoms with Crippen molar-refractivity contribution in [1.82, 2.24) is 5.32 Å². The van der Waals surface area contributed by atoms with E-state index in [1.807, 2.05) is 60.7 Å². The molecule has 0 radical (unpaired) electrons. The van der Waals surface area contributed by atoms with Gasteiger partial charge in [0.25, 0.3) is 5.91 Å². The third-order valence-electron chi connectivity index (χ3n) is 3.67. The average molecular weight is 279 g/mol. The van der Waals surface area contributed by atoms with Crippen LogP contribution in [0, 0.1) is 0 Å². The van der Waals surface area contributed by atoms with E-state index in [9.17, 15) is 4.79 Å². The summed E-state index contributed by atoms with van der Waals surface area (Å²) in [6.45, 7) is 0. The van der Waals surface area contributed by atoms with Gasteiger partial charge in [0.2, 0.25) is 0 Å². The third-order valence-corrected chi connectivity index (χ3v) is 3.67. The summed E-state index contributed by atoms with van der Waals surface area (Å²) in [6.07, 6.45) is 4.83. The Morgan fingerprint density at radius 3 is 2.76 bits per heavy atom. The molecule has 106 valence electrons. The second kappa shape index (κ2) is 5.83. The first kappa shape index (κ1) is 13.4. The van der Waals surface area contributed by atoms with Gasteiger partial charge in [-0.1, -0.05) is 48.6 Å².